The molecule has 0 bridgehead atoms. The minimum absolute atomic E-state index is 0.222. The topological polar surface area (TPSA) is 88.3 Å². The molecule has 1 fully saturated rings. The molecule has 3 unspecified atom stereocenters. The van der Waals surface area contributed by atoms with Crippen LogP contribution in [-0.2, 0) is 12.8 Å². The monoisotopic (exact) mass is 423 g/mol. The van der Waals surface area contributed by atoms with Crippen LogP contribution in [0.4, 0.5) is 0 Å². The van der Waals surface area contributed by atoms with E-state index in [1.165, 1.54) is 16.7 Å². The molecule has 0 aliphatic carbocycles. The Balaban J connectivity index is 1.61. The lowest BCUT2D eigenvalue weighted by molar-refractivity contribution is 0.153. The first-order valence-corrected chi connectivity index (χ1v) is 11.3. The third kappa shape index (κ3) is 4.74. The van der Waals surface area contributed by atoms with Crippen LogP contribution in [0.2, 0.25) is 0 Å². The van der Waals surface area contributed by atoms with Gasteiger partial charge in [-0.25, -0.2) is 4.98 Å². The van der Waals surface area contributed by atoms with Gasteiger partial charge >= 0.3 is 0 Å². The highest BCUT2D eigenvalue weighted by molar-refractivity contribution is 5.33. The number of H-pyrrole nitrogens is 1. The van der Waals surface area contributed by atoms with E-state index in [-0.39, 0.29) is 17.3 Å². The number of benzene rings is 2. The van der Waals surface area contributed by atoms with E-state index in [0.29, 0.717) is 5.56 Å². The van der Waals surface area contributed by atoms with Crippen molar-refractivity contribution in [3.63, 3.8) is 0 Å². The van der Waals surface area contributed by atoms with E-state index < -0.39 is 0 Å². The molecular formula is C27H29N5. The summed E-state index contributed by atoms with van der Waals surface area (Å²) in [5.41, 5.74) is 5.09. The largest absolute Gasteiger partial charge is 0.348 e. The Morgan fingerprint density at radius 3 is 2.66 bits per heavy atom. The molecule has 162 valence electrons. The molecule has 0 spiro atoms. The third-order valence-corrected chi connectivity index (χ3v) is 7.00. The highest BCUT2D eigenvalue weighted by Crippen LogP contribution is 2.43. The number of aromatic nitrogens is 2. The Morgan fingerprint density at radius 2 is 1.97 bits per heavy atom. The van der Waals surface area contributed by atoms with Gasteiger partial charge in [-0.05, 0) is 80.4 Å². The van der Waals surface area contributed by atoms with Crippen molar-refractivity contribution in [2.24, 2.45) is 11.3 Å². The van der Waals surface area contributed by atoms with Gasteiger partial charge in [-0.15, -0.1) is 0 Å². The zero-order valence-corrected chi connectivity index (χ0v) is 18.5. The van der Waals surface area contributed by atoms with Crippen molar-refractivity contribution in [1.29, 1.82) is 10.5 Å². The van der Waals surface area contributed by atoms with Crippen molar-refractivity contribution in [2.75, 3.05) is 13.1 Å². The van der Waals surface area contributed by atoms with Gasteiger partial charge in [0, 0.05) is 17.8 Å². The molecule has 3 aromatic rings. The van der Waals surface area contributed by atoms with Crippen molar-refractivity contribution in [1.82, 2.24) is 15.3 Å². The van der Waals surface area contributed by atoms with Gasteiger partial charge in [0.05, 0.1) is 29.4 Å². The van der Waals surface area contributed by atoms with Gasteiger partial charge in [0.15, 0.2) is 0 Å². The molecule has 5 nitrogen and oxygen atoms in total. The quantitative estimate of drug-likeness (QED) is 0.578. The third-order valence-electron chi connectivity index (χ3n) is 7.00. The molecule has 1 aliphatic rings. The SMILES string of the molecule is Cc1ccccc1CC1(C#N)CCNCC1CC(Cc1ccc(C#N)cc1)c1cnc[nH]1. The summed E-state index contributed by atoms with van der Waals surface area (Å²) < 4.78 is 0. The molecule has 4 rings (SSSR count). The number of hydrogen-bond acceptors (Lipinski definition) is 4. The van der Waals surface area contributed by atoms with E-state index >= 15 is 0 Å². The Bertz CT molecular complexity index is 1100. The summed E-state index contributed by atoms with van der Waals surface area (Å²) in [5.74, 6) is 0.451. The van der Waals surface area contributed by atoms with E-state index in [1.54, 1.807) is 6.33 Å². The number of aryl methyl sites for hydroxylation is 1. The lowest BCUT2D eigenvalue weighted by Gasteiger charge is -2.41. The molecule has 3 atom stereocenters. The van der Waals surface area contributed by atoms with Crippen LogP contribution in [-0.4, -0.2) is 23.1 Å². The van der Waals surface area contributed by atoms with Gasteiger partial charge < -0.3 is 10.3 Å². The first kappa shape index (κ1) is 21.8. The molecule has 5 heteroatoms. The minimum atomic E-state index is -0.389. The lowest BCUT2D eigenvalue weighted by Crippen LogP contribution is -2.46. The van der Waals surface area contributed by atoms with Crippen molar-refractivity contribution in [3.8, 4) is 12.1 Å². The predicted molar refractivity (Wildman–Crippen MR) is 125 cm³/mol. The standard InChI is InChI=1S/C27H29N5/c1-20-4-2-3-5-23(20)14-27(18-29)10-11-30-16-25(27)13-24(26-17-31-19-32-26)12-21-6-8-22(15-28)9-7-21/h2-9,17,19,24-25,30H,10-14,16H2,1H3,(H,31,32). The van der Waals surface area contributed by atoms with Crippen LogP contribution < -0.4 is 5.32 Å². The van der Waals surface area contributed by atoms with Crippen molar-refractivity contribution < 1.29 is 0 Å². The Labute approximate surface area is 190 Å². The second kappa shape index (κ2) is 9.81. The summed E-state index contributed by atoms with van der Waals surface area (Å²) in [6, 6.07) is 21.2. The van der Waals surface area contributed by atoms with Crippen molar-refractivity contribution in [2.45, 2.75) is 38.5 Å². The number of nitrogens with zero attached hydrogens (tertiary/aromatic N) is 3. The average Bonchev–Trinajstić information content (AvgIpc) is 3.37. The van der Waals surface area contributed by atoms with Gasteiger partial charge in [-0.2, -0.15) is 10.5 Å². The predicted octanol–water partition coefficient (Wildman–Crippen LogP) is 4.67. The fourth-order valence-electron chi connectivity index (χ4n) is 5.02. The van der Waals surface area contributed by atoms with E-state index in [2.05, 4.69) is 58.6 Å². The summed E-state index contributed by atoms with van der Waals surface area (Å²) >= 11 is 0. The van der Waals surface area contributed by atoms with Crippen molar-refractivity contribution in [3.05, 3.63) is 89.0 Å². The Morgan fingerprint density at radius 1 is 1.16 bits per heavy atom. The summed E-state index contributed by atoms with van der Waals surface area (Å²) in [7, 11) is 0. The normalized spacial score (nSPS) is 21.4. The van der Waals surface area contributed by atoms with Crippen LogP contribution in [0.5, 0.6) is 0 Å². The maximum absolute atomic E-state index is 10.4. The highest BCUT2D eigenvalue weighted by atomic mass is 14.9. The van der Waals surface area contributed by atoms with Crippen molar-refractivity contribution >= 4 is 0 Å². The molecule has 32 heavy (non-hydrogen) atoms. The van der Waals surface area contributed by atoms with E-state index in [4.69, 9.17) is 5.26 Å². The van der Waals surface area contributed by atoms with Crippen LogP contribution >= 0.6 is 0 Å². The van der Waals surface area contributed by atoms with E-state index in [1.807, 2.05) is 30.5 Å². The number of rotatable bonds is 7. The summed E-state index contributed by atoms with van der Waals surface area (Å²) in [5, 5.41) is 23.1. The molecule has 1 aromatic heterocycles. The summed E-state index contributed by atoms with van der Waals surface area (Å²) in [4.78, 5) is 7.57. The second-order valence-electron chi connectivity index (χ2n) is 8.97. The van der Waals surface area contributed by atoms with Crippen LogP contribution in [0, 0.1) is 40.9 Å². The number of nitriles is 2. The molecule has 2 N–H and O–H groups in total. The molecular weight excluding hydrogens is 394 g/mol. The van der Waals surface area contributed by atoms with E-state index in [0.717, 1.165) is 44.5 Å². The zero-order chi connectivity index (χ0) is 22.4. The minimum Gasteiger partial charge on any atom is -0.348 e. The number of piperidine rings is 1. The van der Waals surface area contributed by atoms with Gasteiger partial charge in [-0.3, -0.25) is 0 Å². The molecule has 2 aromatic carbocycles. The molecule has 1 aliphatic heterocycles. The fraction of sp³-hybridized carbons (Fsp3) is 0.370. The second-order valence-corrected chi connectivity index (χ2v) is 8.97. The molecule has 2 heterocycles. The van der Waals surface area contributed by atoms with Gasteiger partial charge in [0.25, 0.3) is 0 Å². The Kier molecular flexibility index (Phi) is 6.69. The number of imidazole rings is 1. The zero-order valence-electron chi connectivity index (χ0n) is 18.5. The van der Waals surface area contributed by atoms with Gasteiger partial charge in [0.2, 0.25) is 0 Å². The van der Waals surface area contributed by atoms with Crippen LogP contribution in [0.1, 0.15) is 46.7 Å². The first-order valence-electron chi connectivity index (χ1n) is 11.3. The highest BCUT2D eigenvalue weighted by Gasteiger charge is 2.42. The number of aromatic amines is 1. The number of hydrogen-bond donors (Lipinski definition) is 2. The summed E-state index contributed by atoms with van der Waals surface area (Å²) in [6.07, 6.45) is 7.01. The van der Waals surface area contributed by atoms with E-state index in [9.17, 15) is 5.26 Å². The molecule has 0 saturated carbocycles. The smallest absolute Gasteiger partial charge is 0.0991 e. The molecule has 1 saturated heterocycles. The lowest BCUT2D eigenvalue weighted by atomic mass is 9.64. The molecule has 0 radical (unpaired) electrons. The fourth-order valence-corrected chi connectivity index (χ4v) is 5.02. The first-order chi connectivity index (χ1) is 15.6. The summed E-state index contributed by atoms with van der Waals surface area (Å²) in [6.45, 7) is 3.85. The number of nitrogens with one attached hydrogen (secondary N) is 2. The molecule has 0 amide bonds. The van der Waals surface area contributed by atoms with Crippen LogP contribution in [0.3, 0.4) is 0 Å². The van der Waals surface area contributed by atoms with Gasteiger partial charge in [-0.1, -0.05) is 36.4 Å². The van der Waals surface area contributed by atoms with Crippen LogP contribution in [0.15, 0.2) is 61.1 Å². The average molecular weight is 424 g/mol. The van der Waals surface area contributed by atoms with Gasteiger partial charge in [0.1, 0.15) is 0 Å². The maximum Gasteiger partial charge on any atom is 0.0991 e. The Hall–Kier alpha value is -3.41. The maximum atomic E-state index is 10.4. The van der Waals surface area contributed by atoms with Crippen LogP contribution in [0.25, 0.3) is 0 Å².